The number of nitrogens with zero attached hydrogens (tertiary/aromatic N) is 2. The van der Waals surface area contributed by atoms with Crippen LogP contribution in [-0.4, -0.2) is 30.9 Å². The van der Waals surface area contributed by atoms with Crippen LogP contribution in [0.5, 0.6) is 11.5 Å². The molecule has 1 aliphatic rings. The number of rotatable bonds is 7. The fraction of sp³-hybridized carbons (Fsp3) is 0.269. The summed E-state index contributed by atoms with van der Waals surface area (Å²) in [5.41, 5.74) is 2.27. The molecule has 0 saturated carbocycles. The number of methoxy groups -OCH3 is 1. The summed E-state index contributed by atoms with van der Waals surface area (Å²) in [6.07, 6.45) is 1.81. The number of carbonyl (C=O) groups excluding carboxylic acids is 1. The monoisotopic (exact) mass is 478 g/mol. The summed E-state index contributed by atoms with van der Waals surface area (Å²) in [7, 11) is 1.60. The molecule has 7 nitrogen and oxygen atoms in total. The molecule has 0 amide bonds. The Hall–Kier alpha value is -3.65. The number of thiazole rings is 1. The summed E-state index contributed by atoms with van der Waals surface area (Å²) in [6, 6.07) is 14.2. The van der Waals surface area contributed by atoms with Crippen molar-refractivity contribution in [2.75, 3.05) is 20.3 Å². The Balaban J connectivity index is 1.90. The highest BCUT2D eigenvalue weighted by molar-refractivity contribution is 7.07. The van der Waals surface area contributed by atoms with Gasteiger partial charge in [0.25, 0.3) is 5.56 Å². The Bertz CT molecular complexity index is 1420. The molecule has 1 aromatic heterocycles. The van der Waals surface area contributed by atoms with E-state index >= 15 is 0 Å². The maximum absolute atomic E-state index is 13.6. The second kappa shape index (κ2) is 10.1. The van der Waals surface area contributed by atoms with Crippen LogP contribution in [0, 0.1) is 0 Å². The number of benzene rings is 2. The fourth-order valence-corrected chi connectivity index (χ4v) is 4.95. The molecule has 1 atom stereocenters. The van der Waals surface area contributed by atoms with Crippen molar-refractivity contribution in [2.45, 2.75) is 26.8 Å². The highest BCUT2D eigenvalue weighted by atomic mass is 32.1. The molecule has 0 radical (unpaired) electrons. The van der Waals surface area contributed by atoms with Gasteiger partial charge < -0.3 is 14.2 Å². The minimum atomic E-state index is -0.654. The highest BCUT2D eigenvalue weighted by Gasteiger charge is 2.33. The molecule has 0 fully saturated rings. The second-order valence-electron chi connectivity index (χ2n) is 7.58. The SMILES string of the molecule is CCOC(=O)C1=C(C)N=c2s/c(=C\c3cccc(OC)c3)c(=O)n2[C@H]1c1ccc(OCC)cc1. The normalized spacial score (nSPS) is 15.5. The smallest absolute Gasteiger partial charge is 0.338 e. The zero-order valence-corrected chi connectivity index (χ0v) is 20.3. The minimum Gasteiger partial charge on any atom is -0.497 e. The van der Waals surface area contributed by atoms with Gasteiger partial charge in [0.2, 0.25) is 0 Å². The van der Waals surface area contributed by atoms with Crippen molar-refractivity contribution in [1.82, 2.24) is 4.57 Å². The van der Waals surface area contributed by atoms with Crippen molar-refractivity contribution < 1.29 is 19.0 Å². The summed E-state index contributed by atoms with van der Waals surface area (Å²) in [5.74, 6) is 0.939. The van der Waals surface area contributed by atoms with Gasteiger partial charge in [-0.05, 0) is 62.2 Å². The molecule has 2 aromatic carbocycles. The number of carbonyl (C=O) groups is 1. The lowest BCUT2D eigenvalue weighted by atomic mass is 9.96. The standard InChI is InChI=1S/C26H26N2O5S/c1-5-32-19-12-10-18(11-13-19)23-22(25(30)33-6-2)16(3)27-26-28(23)24(29)21(34-26)15-17-8-7-9-20(14-17)31-4/h7-15,23H,5-6H2,1-4H3/b21-15-/t23-/m0/s1. The lowest BCUT2D eigenvalue weighted by Gasteiger charge is -2.24. The van der Waals surface area contributed by atoms with E-state index in [0.29, 0.717) is 33.0 Å². The summed E-state index contributed by atoms with van der Waals surface area (Å²) < 4.78 is 18.3. The van der Waals surface area contributed by atoms with Gasteiger partial charge in [-0.3, -0.25) is 9.36 Å². The molecule has 0 bridgehead atoms. The lowest BCUT2D eigenvalue weighted by Crippen LogP contribution is -2.39. The van der Waals surface area contributed by atoms with E-state index in [4.69, 9.17) is 14.2 Å². The first-order valence-corrected chi connectivity index (χ1v) is 11.8. The third-order valence-electron chi connectivity index (χ3n) is 5.42. The summed E-state index contributed by atoms with van der Waals surface area (Å²) in [6.45, 7) is 6.22. The Kier molecular flexibility index (Phi) is 6.98. The average molecular weight is 479 g/mol. The van der Waals surface area contributed by atoms with Crippen LogP contribution >= 0.6 is 11.3 Å². The minimum absolute atomic E-state index is 0.222. The zero-order chi connectivity index (χ0) is 24.2. The molecule has 3 aromatic rings. The topological polar surface area (TPSA) is 79.1 Å². The summed E-state index contributed by atoms with van der Waals surface area (Å²) in [4.78, 5) is 31.7. The summed E-state index contributed by atoms with van der Waals surface area (Å²) >= 11 is 1.29. The molecule has 0 saturated heterocycles. The third kappa shape index (κ3) is 4.54. The molecular weight excluding hydrogens is 452 g/mol. The number of hydrogen-bond donors (Lipinski definition) is 0. The first kappa shape index (κ1) is 23.5. The van der Waals surface area contributed by atoms with Crippen LogP contribution in [0.15, 0.2) is 69.6 Å². The zero-order valence-electron chi connectivity index (χ0n) is 19.5. The van der Waals surface area contributed by atoms with Crippen LogP contribution in [0.3, 0.4) is 0 Å². The van der Waals surface area contributed by atoms with Crippen molar-refractivity contribution in [1.29, 1.82) is 0 Å². The molecule has 0 N–H and O–H groups in total. The molecule has 0 unspecified atom stereocenters. The number of allylic oxidation sites excluding steroid dienone is 1. The van der Waals surface area contributed by atoms with Gasteiger partial charge in [0, 0.05) is 0 Å². The lowest BCUT2D eigenvalue weighted by molar-refractivity contribution is -0.139. The van der Waals surface area contributed by atoms with E-state index in [1.54, 1.807) is 25.5 Å². The van der Waals surface area contributed by atoms with Crippen molar-refractivity contribution in [3.63, 3.8) is 0 Å². The van der Waals surface area contributed by atoms with E-state index in [2.05, 4.69) is 4.99 Å². The van der Waals surface area contributed by atoms with Gasteiger partial charge in [-0.2, -0.15) is 0 Å². The Labute approximate surface area is 201 Å². The third-order valence-corrected chi connectivity index (χ3v) is 6.40. The molecule has 176 valence electrons. The Morgan fingerprint density at radius 2 is 1.88 bits per heavy atom. The predicted octanol–water partition coefficient (Wildman–Crippen LogP) is 3.21. The number of esters is 1. The Morgan fingerprint density at radius 1 is 1.12 bits per heavy atom. The predicted molar refractivity (Wildman–Crippen MR) is 131 cm³/mol. The highest BCUT2D eigenvalue weighted by Crippen LogP contribution is 2.31. The molecular formula is C26H26N2O5S. The van der Waals surface area contributed by atoms with Gasteiger partial charge >= 0.3 is 5.97 Å². The van der Waals surface area contributed by atoms with Gasteiger partial charge in [-0.25, -0.2) is 9.79 Å². The van der Waals surface area contributed by atoms with Crippen molar-refractivity contribution in [2.24, 2.45) is 4.99 Å². The summed E-state index contributed by atoms with van der Waals surface area (Å²) in [5, 5.41) is 0. The van der Waals surface area contributed by atoms with E-state index in [1.807, 2.05) is 61.5 Å². The van der Waals surface area contributed by atoms with Crippen molar-refractivity contribution in [3.05, 3.63) is 90.6 Å². The van der Waals surface area contributed by atoms with Crippen LogP contribution < -0.4 is 24.4 Å². The first-order valence-electron chi connectivity index (χ1n) is 11.0. The number of hydrogen-bond acceptors (Lipinski definition) is 7. The van der Waals surface area contributed by atoms with E-state index in [1.165, 1.54) is 11.3 Å². The Morgan fingerprint density at radius 3 is 2.56 bits per heavy atom. The average Bonchev–Trinajstić information content (AvgIpc) is 3.13. The number of ether oxygens (including phenoxy) is 3. The van der Waals surface area contributed by atoms with Crippen molar-refractivity contribution in [3.8, 4) is 11.5 Å². The number of aromatic nitrogens is 1. The molecule has 34 heavy (non-hydrogen) atoms. The van der Waals surface area contributed by atoms with Crippen LogP contribution in [0.4, 0.5) is 0 Å². The van der Waals surface area contributed by atoms with Gasteiger partial charge in [-0.1, -0.05) is 35.6 Å². The molecule has 1 aliphatic heterocycles. The molecule has 0 aliphatic carbocycles. The molecule has 8 heteroatoms. The van der Waals surface area contributed by atoms with Crippen LogP contribution in [0.1, 0.15) is 37.9 Å². The fourth-order valence-electron chi connectivity index (χ4n) is 3.90. The molecule has 4 rings (SSSR count). The van der Waals surface area contributed by atoms with Crippen LogP contribution in [0.25, 0.3) is 6.08 Å². The van der Waals surface area contributed by atoms with E-state index in [0.717, 1.165) is 16.9 Å². The maximum Gasteiger partial charge on any atom is 0.338 e. The van der Waals surface area contributed by atoms with Gasteiger partial charge in [0.15, 0.2) is 4.80 Å². The quantitative estimate of drug-likeness (QED) is 0.488. The number of fused-ring (bicyclic) bond motifs is 1. The van der Waals surface area contributed by atoms with Crippen molar-refractivity contribution >= 4 is 23.4 Å². The van der Waals surface area contributed by atoms with Crippen LogP contribution in [0.2, 0.25) is 0 Å². The van der Waals surface area contributed by atoms with E-state index in [9.17, 15) is 9.59 Å². The van der Waals surface area contributed by atoms with Gasteiger partial charge in [-0.15, -0.1) is 0 Å². The van der Waals surface area contributed by atoms with Gasteiger partial charge in [0.1, 0.15) is 11.5 Å². The van der Waals surface area contributed by atoms with Crippen LogP contribution in [-0.2, 0) is 9.53 Å². The van der Waals surface area contributed by atoms with Gasteiger partial charge in [0.05, 0.1) is 42.2 Å². The van der Waals surface area contributed by atoms with E-state index < -0.39 is 12.0 Å². The molecule has 0 spiro atoms. The maximum atomic E-state index is 13.6. The second-order valence-corrected chi connectivity index (χ2v) is 8.59. The first-order chi connectivity index (χ1) is 16.5. The molecule has 2 heterocycles. The van der Waals surface area contributed by atoms with E-state index in [-0.39, 0.29) is 12.2 Å². The largest absolute Gasteiger partial charge is 0.497 e.